The van der Waals surface area contributed by atoms with E-state index in [0.29, 0.717) is 11.8 Å². The van der Waals surface area contributed by atoms with Crippen molar-refractivity contribution in [2.75, 3.05) is 5.33 Å². The van der Waals surface area contributed by atoms with Crippen molar-refractivity contribution in [3.05, 3.63) is 29.3 Å². The zero-order valence-corrected chi connectivity index (χ0v) is 9.39. The summed E-state index contributed by atoms with van der Waals surface area (Å²) in [7, 11) is 0. The van der Waals surface area contributed by atoms with E-state index in [4.69, 9.17) is 5.11 Å². The lowest BCUT2D eigenvalue weighted by molar-refractivity contribution is 0.0338. The Morgan fingerprint density at radius 3 is 2.60 bits per heavy atom. The van der Waals surface area contributed by atoms with E-state index >= 15 is 0 Å². The molecule has 1 aromatic carbocycles. The molecule has 0 aromatic heterocycles. The van der Waals surface area contributed by atoms with Gasteiger partial charge in [0, 0.05) is 10.9 Å². The largest absolute Gasteiger partial charge is 0.508 e. The van der Waals surface area contributed by atoms with E-state index in [9.17, 15) is 15.0 Å². The molecule has 0 aliphatic rings. The molecule has 0 saturated carbocycles. The van der Waals surface area contributed by atoms with Crippen LogP contribution >= 0.6 is 15.9 Å². The van der Waals surface area contributed by atoms with Crippen LogP contribution in [0.5, 0.6) is 5.75 Å². The number of hydrogen-bond acceptors (Lipinski definition) is 4. The van der Waals surface area contributed by atoms with Crippen molar-refractivity contribution in [1.82, 2.24) is 0 Å². The third-order valence-corrected chi connectivity index (χ3v) is 2.70. The molecule has 0 fully saturated rings. The lowest BCUT2D eigenvalue weighted by Crippen LogP contribution is -2.20. The molecule has 0 bridgehead atoms. The maximum absolute atomic E-state index is 10.7. The number of benzene rings is 1. The van der Waals surface area contributed by atoms with Gasteiger partial charge in [-0.15, -0.1) is 0 Å². The third-order valence-electron chi connectivity index (χ3n) is 2.04. The van der Waals surface area contributed by atoms with Crippen molar-refractivity contribution in [3.8, 4) is 5.75 Å². The summed E-state index contributed by atoms with van der Waals surface area (Å²) in [5.41, 5.74) is 0.470. The maximum atomic E-state index is 10.7. The van der Waals surface area contributed by atoms with Gasteiger partial charge in [0.2, 0.25) is 0 Å². The van der Waals surface area contributed by atoms with Gasteiger partial charge in [-0.3, -0.25) is 4.79 Å². The second-order valence-corrected chi connectivity index (χ2v) is 3.75. The van der Waals surface area contributed by atoms with E-state index in [-0.39, 0.29) is 16.6 Å². The van der Waals surface area contributed by atoms with Gasteiger partial charge in [0.25, 0.3) is 0 Å². The van der Waals surface area contributed by atoms with Gasteiger partial charge in [-0.05, 0) is 17.7 Å². The summed E-state index contributed by atoms with van der Waals surface area (Å²) in [6.07, 6.45) is -1.61. The Bertz CT molecular complexity index is 353. The van der Waals surface area contributed by atoms with E-state index in [2.05, 4.69) is 15.9 Å². The SMILES string of the molecule is O=Cc1cc(O)ccc1C(O)C(O)CBr. The number of phenolic OH excluding ortho intramolecular Hbond substituents is 1. The Morgan fingerprint density at radius 2 is 2.07 bits per heavy atom. The van der Waals surface area contributed by atoms with Crippen LogP contribution in [-0.2, 0) is 0 Å². The lowest BCUT2D eigenvalue weighted by atomic mass is 10.00. The molecule has 5 heteroatoms. The zero-order chi connectivity index (χ0) is 11.4. The van der Waals surface area contributed by atoms with Crippen molar-refractivity contribution >= 4 is 22.2 Å². The van der Waals surface area contributed by atoms with Crippen molar-refractivity contribution < 1.29 is 20.1 Å². The molecular formula is C10H11BrO4. The number of rotatable bonds is 4. The van der Waals surface area contributed by atoms with E-state index in [1.165, 1.54) is 18.2 Å². The standard InChI is InChI=1S/C10H11BrO4/c11-4-9(14)10(15)8-2-1-7(13)3-6(8)5-12/h1-3,5,9-10,13-15H,4H2. The highest BCUT2D eigenvalue weighted by Gasteiger charge is 2.20. The molecule has 0 heterocycles. The minimum atomic E-state index is -1.15. The highest BCUT2D eigenvalue weighted by Crippen LogP contribution is 2.24. The monoisotopic (exact) mass is 274 g/mol. The molecule has 1 aromatic rings. The van der Waals surface area contributed by atoms with Gasteiger partial charge >= 0.3 is 0 Å². The molecule has 0 spiro atoms. The summed E-state index contributed by atoms with van der Waals surface area (Å²) < 4.78 is 0. The predicted octanol–water partition coefficient (Wildman–Crippen LogP) is 0.994. The molecule has 3 N–H and O–H groups in total. The van der Waals surface area contributed by atoms with Gasteiger partial charge in [-0.2, -0.15) is 0 Å². The molecular weight excluding hydrogens is 264 g/mol. The Morgan fingerprint density at radius 1 is 1.40 bits per heavy atom. The van der Waals surface area contributed by atoms with Crippen molar-refractivity contribution in [2.24, 2.45) is 0 Å². The summed E-state index contributed by atoms with van der Waals surface area (Å²) in [6, 6.07) is 4.01. The number of carbonyl (C=O) groups excluding carboxylic acids is 1. The van der Waals surface area contributed by atoms with Crippen molar-refractivity contribution in [2.45, 2.75) is 12.2 Å². The number of aliphatic hydroxyl groups excluding tert-OH is 2. The summed E-state index contributed by atoms with van der Waals surface area (Å²) in [6.45, 7) is 0. The van der Waals surface area contributed by atoms with Crippen LogP contribution in [0.1, 0.15) is 22.0 Å². The number of alkyl halides is 1. The number of aliphatic hydroxyl groups is 2. The van der Waals surface area contributed by atoms with Crippen LogP contribution in [0.25, 0.3) is 0 Å². The van der Waals surface area contributed by atoms with Gasteiger partial charge in [-0.1, -0.05) is 22.0 Å². The van der Waals surface area contributed by atoms with Gasteiger partial charge in [0.05, 0.1) is 6.10 Å². The average Bonchev–Trinajstić information content (AvgIpc) is 2.26. The van der Waals surface area contributed by atoms with Gasteiger partial charge in [0.15, 0.2) is 6.29 Å². The predicted molar refractivity (Wildman–Crippen MR) is 58.3 cm³/mol. The number of aldehydes is 1. The van der Waals surface area contributed by atoms with E-state index < -0.39 is 12.2 Å². The molecule has 15 heavy (non-hydrogen) atoms. The Balaban J connectivity index is 3.07. The molecule has 0 radical (unpaired) electrons. The molecule has 2 unspecified atom stereocenters. The number of carbonyl (C=O) groups is 1. The summed E-state index contributed by atoms with van der Waals surface area (Å²) in [4.78, 5) is 10.7. The second kappa shape index (κ2) is 5.25. The molecule has 82 valence electrons. The van der Waals surface area contributed by atoms with Crippen LogP contribution in [-0.4, -0.2) is 33.0 Å². The first-order valence-electron chi connectivity index (χ1n) is 4.30. The summed E-state index contributed by atoms with van der Waals surface area (Å²) in [5, 5.41) is 28.4. The molecule has 0 amide bonds. The van der Waals surface area contributed by atoms with Crippen LogP contribution in [0.2, 0.25) is 0 Å². The first-order valence-corrected chi connectivity index (χ1v) is 5.42. The number of aromatic hydroxyl groups is 1. The lowest BCUT2D eigenvalue weighted by Gasteiger charge is -2.17. The minimum Gasteiger partial charge on any atom is -0.508 e. The maximum Gasteiger partial charge on any atom is 0.150 e. The van der Waals surface area contributed by atoms with Gasteiger partial charge < -0.3 is 15.3 Å². The van der Waals surface area contributed by atoms with Crippen LogP contribution in [0.3, 0.4) is 0 Å². The first kappa shape index (κ1) is 12.2. The van der Waals surface area contributed by atoms with Crippen LogP contribution in [0.15, 0.2) is 18.2 Å². The minimum absolute atomic E-state index is 0.0543. The molecule has 2 atom stereocenters. The summed E-state index contributed by atoms with van der Waals surface area (Å²) >= 11 is 3.03. The normalized spacial score (nSPS) is 14.6. The summed E-state index contributed by atoms with van der Waals surface area (Å²) in [5.74, 6) is -0.0543. The van der Waals surface area contributed by atoms with E-state index in [1.807, 2.05) is 0 Å². The topological polar surface area (TPSA) is 77.8 Å². The number of hydrogen-bond donors (Lipinski definition) is 3. The Labute approximate surface area is 95.3 Å². The third kappa shape index (κ3) is 2.77. The van der Waals surface area contributed by atoms with Crippen molar-refractivity contribution in [3.63, 3.8) is 0 Å². The van der Waals surface area contributed by atoms with Gasteiger partial charge in [-0.25, -0.2) is 0 Å². The highest BCUT2D eigenvalue weighted by atomic mass is 79.9. The molecule has 1 rings (SSSR count). The van der Waals surface area contributed by atoms with E-state index in [1.54, 1.807) is 0 Å². The van der Waals surface area contributed by atoms with Crippen LogP contribution < -0.4 is 0 Å². The van der Waals surface area contributed by atoms with E-state index in [0.717, 1.165) is 0 Å². The number of phenols is 1. The molecule has 4 nitrogen and oxygen atoms in total. The van der Waals surface area contributed by atoms with Crippen LogP contribution in [0, 0.1) is 0 Å². The fraction of sp³-hybridized carbons (Fsp3) is 0.300. The molecule has 0 aliphatic carbocycles. The van der Waals surface area contributed by atoms with Crippen LogP contribution in [0.4, 0.5) is 0 Å². The second-order valence-electron chi connectivity index (χ2n) is 3.10. The Hall–Kier alpha value is -0.910. The van der Waals surface area contributed by atoms with Gasteiger partial charge in [0.1, 0.15) is 11.9 Å². The zero-order valence-electron chi connectivity index (χ0n) is 7.80. The average molecular weight is 275 g/mol. The smallest absolute Gasteiger partial charge is 0.150 e. The fourth-order valence-electron chi connectivity index (χ4n) is 1.23. The molecule has 0 aliphatic heterocycles. The quantitative estimate of drug-likeness (QED) is 0.565. The highest BCUT2D eigenvalue weighted by molar-refractivity contribution is 9.09. The fourth-order valence-corrected chi connectivity index (χ4v) is 1.58. The van der Waals surface area contributed by atoms with Crippen molar-refractivity contribution in [1.29, 1.82) is 0 Å². The number of halogens is 1. The molecule has 0 saturated heterocycles. The Kier molecular flexibility index (Phi) is 4.26. The first-order chi connectivity index (χ1) is 7.10.